The Morgan fingerprint density at radius 3 is 2.79 bits per heavy atom. The second-order valence-electron chi connectivity index (χ2n) is 3.16. The van der Waals surface area contributed by atoms with Crippen LogP contribution in [0.2, 0.25) is 0 Å². The minimum atomic E-state index is 0.867. The van der Waals surface area contributed by atoms with Crippen molar-refractivity contribution in [1.82, 2.24) is 9.55 Å². The van der Waals surface area contributed by atoms with Gasteiger partial charge in [0.2, 0.25) is 0 Å². The molecule has 0 saturated carbocycles. The third-order valence-electron chi connectivity index (χ3n) is 1.84. The summed E-state index contributed by atoms with van der Waals surface area (Å²) in [5.41, 5.74) is 8.19. The lowest BCUT2D eigenvalue weighted by Gasteiger charge is -1.99. The molecule has 2 N–H and O–H groups in total. The van der Waals surface area contributed by atoms with Crippen LogP contribution in [-0.4, -0.2) is 9.55 Å². The first-order chi connectivity index (χ1) is 6.63. The lowest BCUT2D eigenvalue weighted by atomic mass is 10.3. The molecule has 0 fully saturated rings. The second-order valence-corrected chi connectivity index (χ2v) is 3.16. The van der Waals surface area contributed by atoms with E-state index in [4.69, 9.17) is 5.73 Å². The Morgan fingerprint density at radius 2 is 2.29 bits per heavy atom. The maximum Gasteiger partial charge on any atom is 0.0994 e. The lowest BCUT2D eigenvalue weighted by Crippen LogP contribution is -1.88. The van der Waals surface area contributed by atoms with Gasteiger partial charge in [0.15, 0.2) is 0 Å². The van der Waals surface area contributed by atoms with Crippen LogP contribution in [0.3, 0.4) is 0 Å². The molecule has 1 heterocycles. The predicted molar refractivity (Wildman–Crippen MR) is 59.4 cm³/mol. The summed E-state index contributed by atoms with van der Waals surface area (Å²) in [6.45, 7) is 7.79. The summed E-state index contributed by atoms with van der Waals surface area (Å²) in [5.74, 6) is 0. The first kappa shape index (κ1) is 10.3. The van der Waals surface area contributed by atoms with Crippen molar-refractivity contribution in [3.8, 4) is 0 Å². The molecule has 74 valence electrons. The molecule has 0 aliphatic rings. The van der Waals surface area contributed by atoms with Crippen LogP contribution in [0, 0.1) is 6.92 Å². The molecule has 0 unspecified atom stereocenters. The van der Waals surface area contributed by atoms with Crippen LogP contribution < -0.4 is 5.73 Å². The highest BCUT2D eigenvalue weighted by Gasteiger charge is 1.94. The summed E-state index contributed by atoms with van der Waals surface area (Å²) in [5, 5.41) is 0. The molecule has 0 aliphatic carbocycles. The molecular formula is C11H15N3. The van der Waals surface area contributed by atoms with E-state index in [1.807, 2.05) is 36.8 Å². The van der Waals surface area contributed by atoms with Crippen molar-refractivity contribution < 1.29 is 0 Å². The van der Waals surface area contributed by atoms with E-state index in [1.165, 1.54) is 0 Å². The molecule has 0 spiro atoms. The Labute approximate surface area is 84.3 Å². The molecule has 0 aromatic carbocycles. The number of aromatic nitrogens is 2. The largest absolute Gasteiger partial charge is 0.404 e. The van der Waals surface area contributed by atoms with Gasteiger partial charge in [-0.15, -0.1) is 0 Å². The molecule has 1 aromatic heterocycles. The summed E-state index contributed by atoms with van der Waals surface area (Å²) < 4.78 is 1.87. The Balaban J connectivity index is 2.73. The van der Waals surface area contributed by atoms with E-state index in [9.17, 15) is 0 Å². The van der Waals surface area contributed by atoms with Gasteiger partial charge < -0.3 is 10.3 Å². The minimum absolute atomic E-state index is 0.867. The molecule has 3 heteroatoms. The summed E-state index contributed by atoms with van der Waals surface area (Å²) in [6, 6.07) is 0. The Bertz CT molecular complexity index is 383. The first-order valence-electron chi connectivity index (χ1n) is 4.40. The molecule has 0 atom stereocenters. The molecule has 0 radical (unpaired) electrons. The number of imidazole rings is 1. The molecule has 1 aromatic rings. The summed E-state index contributed by atoms with van der Waals surface area (Å²) >= 11 is 0. The van der Waals surface area contributed by atoms with Gasteiger partial charge in [-0.1, -0.05) is 12.7 Å². The van der Waals surface area contributed by atoms with Crippen molar-refractivity contribution >= 4 is 5.70 Å². The molecule has 0 bridgehead atoms. The van der Waals surface area contributed by atoms with E-state index in [2.05, 4.69) is 11.6 Å². The quantitative estimate of drug-likeness (QED) is 0.740. The van der Waals surface area contributed by atoms with Gasteiger partial charge in [-0.2, -0.15) is 0 Å². The normalized spacial score (nSPS) is 12.3. The number of hydrogen-bond donors (Lipinski definition) is 1. The van der Waals surface area contributed by atoms with Gasteiger partial charge in [-0.05, 0) is 31.7 Å². The maximum absolute atomic E-state index is 5.34. The van der Waals surface area contributed by atoms with Crippen molar-refractivity contribution in [3.63, 3.8) is 0 Å². The van der Waals surface area contributed by atoms with Gasteiger partial charge in [-0.3, -0.25) is 0 Å². The van der Waals surface area contributed by atoms with Gasteiger partial charge in [0, 0.05) is 11.9 Å². The van der Waals surface area contributed by atoms with Gasteiger partial charge in [0.25, 0.3) is 0 Å². The number of aryl methyl sites for hydroxylation is 1. The molecule has 3 nitrogen and oxygen atoms in total. The van der Waals surface area contributed by atoms with Crippen molar-refractivity contribution in [3.05, 3.63) is 48.7 Å². The monoisotopic (exact) mass is 189 g/mol. The highest BCUT2D eigenvalue weighted by Crippen LogP contribution is 2.06. The Kier molecular flexibility index (Phi) is 3.29. The van der Waals surface area contributed by atoms with E-state index < -0.39 is 0 Å². The third-order valence-corrected chi connectivity index (χ3v) is 1.84. The second kappa shape index (κ2) is 4.46. The Hall–Kier alpha value is -1.77. The molecule has 0 aliphatic heterocycles. The minimum Gasteiger partial charge on any atom is -0.404 e. The zero-order valence-electron chi connectivity index (χ0n) is 8.57. The topological polar surface area (TPSA) is 43.8 Å². The van der Waals surface area contributed by atoms with Gasteiger partial charge in [0.05, 0.1) is 12.0 Å². The summed E-state index contributed by atoms with van der Waals surface area (Å²) in [7, 11) is 0. The van der Waals surface area contributed by atoms with E-state index in [1.54, 1.807) is 12.5 Å². The maximum atomic E-state index is 5.34. The van der Waals surface area contributed by atoms with Crippen molar-refractivity contribution in [2.24, 2.45) is 5.73 Å². The standard InChI is InChI=1S/C11H15N3/c1-9(6-12)4-5-11(3)14-7-10(2)13-8-14/h4-8H,3,12H2,1-2H3/b5-4-,9-6-. The highest BCUT2D eigenvalue weighted by atomic mass is 15.0. The van der Waals surface area contributed by atoms with Crippen LogP contribution in [0.25, 0.3) is 5.70 Å². The molecular weight excluding hydrogens is 174 g/mol. The van der Waals surface area contributed by atoms with E-state index in [0.717, 1.165) is 17.0 Å². The Morgan fingerprint density at radius 1 is 1.57 bits per heavy atom. The van der Waals surface area contributed by atoms with Crippen LogP contribution in [0.4, 0.5) is 0 Å². The van der Waals surface area contributed by atoms with E-state index >= 15 is 0 Å². The predicted octanol–water partition coefficient (Wildman–Crippen LogP) is 2.08. The van der Waals surface area contributed by atoms with E-state index in [-0.39, 0.29) is 0 Å². The zero-order chi connectivity index (χ0) is 10.6. The fraction of sp³-hybridized carbons (Fsp3) is 0.182. The smallest absolute Gasteiger partial charge is 0.0994 e. The summed E-state index contributed by atoms with van der Waals surface area (Å²) in [6.07, 6.45) is 9.04. The lowest BCUT2D eigenvalue weighted by molar-refractivity contribution is 1.10. The van der Waals surface area contributed by atoms with Gasteiger partial charge >= 0.3 is 0 Å². The van der Waals surface area contributed by atoms with Crippen LogP contribution in [0.15, 0.2) is 43.0 Å². The fourth-order valence-corrected chi connectivity index (χ4v) is 0.948. The number of nitrogens with zero attached hydrogens (tertiary/aromatic N) is 2. The van der Waals surface area contributed by atoms with Gasteiger partial charge in [0.1, 0.15) is 0 Å². The third kappa shape index (κ3) is 2.62. The van der Waals surface area contributed by atoms with Crippen molar-refractivity contribution in [2.45, 2.75) is 13.8 Å². The first-order valence-corrected chi connectivity index (χ1v) is 4.40. The average molecular weight is 189 g/mol. The molecule has 14 heavy (non-hydrogen) atoms. The summed E-state index contributed by atoms with van der Waals surface area (Å²) in [4.78, 5) is 4.11. The highest BCUT2D eigenvalue weighted by molar-refractivity contribution is 5.55. The number of nitrogens with two attached hydrogens (primary N) is 1. The zero-order valence-corrected chi connectivity index (χ0v) is 8.57. The number of allylic oxidation sites excluding steroid dienone is 4. The van der Waals surface area contributed by atoms with Crippen molar-refractivity contribution in [2.75, 3.05) is 0 Å². The van der Waals surface area contributed by atoms with E-state index in [0.29, 0.717) is 0 Å². The van der Waals surface area contributed by atoms with Crippen LogP contribution >= 0.6 is 0 Å². The van der Waals surface area contributed by atoms with Crippen LogP contribution in [0.5, 0.6) is 0 Å². The molecule has 0 amide bonds. The number of rotatable bonds is 3. The average Bonchev–Trinajstić information content (AvgIpc) is 2.60. The van der Waals surface area contributed by atoms with Crippen LogP contribution in [-0.2, 0) is 0 Å². The van der Waals surface area contributed by atoms with Gasteiger partial charge in [-0.25, -0.2) is 4.98 Å². The van der Waals surface area contributed by atoms with Crippen LogP contribution in [0.1, 0.15) is 12.6 Å². The van der Waals surface area contributed by atoms with Crippen molar-refractivity contribution in [1.29, 1.82) is 0 Å². The molecule has 0 saturated heterocycles. The fourth-order valence-electron chi connectivity index (χ4n) is 0.948. The SMILES string of the molecule is C=C(/C=C\C(C)=C/N)n1cnc(C)c1. The number of hydrogen-bond acceptors (Lipinski definition) is 2. The molecule has 1 rings (SSSR count).